The standard InChI is InChI=1S/C71H120O6/c1-4-7-10-13-16-19-22-24-26-28-30-32-34-35-37-38-40-42-44-46-49-52-55-58-61-64-70(73)76-67-68(66-75-69(72)63-60-57-54-51-48-21-18-15-12-9-6-3)77-71(74)65-62-59-56-53-50-47-45-43-41-39-36-33-31-29-27-25-23-20-17-14-11-8-5-2/h8,11,15,17-18,20,22,24-25,27-28,30-31,33,39,41,45,47,68H,4-7,9-10,12-14,16,19,21,23,26,29,32,34-38,40,42-44,46,48-67H2,1-3H3/b11-8-,18-15-,20-17-,24-22-,27-25-,30-28-,33-31-,41-39-,47-45-. The summed E-state index contributed by atoms with van der Waals surface area (Å²) in [4.78, 5) is 38.3. The van der Waals surface area contributed by atoms with Crippen molar-refractivity contribution in [1.82, 2.24) is 0 Å². The number of unbranched alkanes of at least 4 members (excludes halogenated alkanes) is 29. The van der Waals surface area contributed by atoms with Crippen molar-refractivity contribution in [1.29, 1.82) is 0 Å². The van der Waals surface area contributed by atoms with Gasteiger partial charge in [0.15, 0.2) is 6.10 Å². The Morgan fingerprint density at radius 3 is 0.844 bits per heavy atom. The molecule has 0 aliphatic heterocycles. The van der Waals surface area contributed by atoms with E-state index in [0.717, 1.165) is 128 Å². The van der Waals surface area contributed by atoms with Crippen LogP contribution in [-0.2, 0) is 28.6 Å². The average Bonchev–Trinajstić information content (AvgIpc) is 3.43. The van der Waals surface area contributed by atoms with Crippen molar-refractivity contribution in [3.63, 3.8) is 0 Å². The number of allylic oxidation sites excluding steroid dienone is 18. The third-order valence-electron chi connectivity index (χ3n) is 13.7. The molecule has 0 bridgehead atoms. The maximum absolute atomic E-state index is 12.9. The summed E-state index contributed by atoms with van der Waals surface area (Å²) in [6, 6.07) is 0. The zero-order valence-corrected chi connectivity index (χ0v) is 50.4. The highest BCUT2D eigenvalue weighted by molar-refractivity contribution is 5.71. The molecule has 0 aromatic heterocycles. The summed E-state index contributed by atoms with van der Waals surface area (Å²) in [5.41, 5.74) is 0. The average molecular weight is 1070 g/mol. The zero-order chi connectivity index (χ0) is 55.7. The van der Waals surface area contributed by atoms with Crippen LogP contribution in [0, 0.1) is 0 Å². The molecule has 0 aliphatic carbocycles. The van der Waals surface area contributed by atoms with Gasteiger partial charge in [-0.25, -0.2) is 0 Å². The maximum Gasteiger partial charge on any atom is 0.306 e. The minimum absolute atomic E-state index is 0.0918. The highest BCUT2D eigenvalue weighted by atomic mass is 16.6. The van der Waals surface area contributed by atoms with Crippen molar-refractivity contribution < 1.29 is 28.6 Å². The fourth-order valence-electron chi connectivity index (χ4n) is 8.87. The number of hydrogen-bond acceptors (Lipinski definition) is 6. The molecule has 77 heavy (non-hydrogen) atoms. The summed E-state index contributed by atoms with van der Waals surface area (Å²) in [7, 11) is 0. The summed E-state index contributed by atoms with van der Waals surface area (Å²) >= 11 is 0. The van der Waals surface area contributed by atoms with Crippen molar-refractivity contribution in [3.05, 3.63) is 109 Å². The summed E-state index contributed by atoms with van der Waals surface area (Å²) in [5, 5.41) is 0. The number of rotatable bonds is 58. The molecule has 6 heteroatoms. The Labute approximate surface area is 476 Å². The molecule has 1 atom stereocenters. The Morgan fingerprint density at radius 2 is 0.519 bits per heavy atom. The number of hydrogen-bond donors (Lipinski definition) is 0. The van der Waals surface area contributed by atoms with Gasteiger partial charge in [0, 0.05) is 19.3 Å². The van der Waals surface area contributed by atoms with E-state index in [1.807, 2.05) is 0 Å². The Morgan fingerprint density at radius 1 is 0.273 bits per heavy atom. The van der Waals surface area contributed by atoms with E-state index in [4.69, 9.17) is 14.2 Å². The molecule has 0 spiro atoms. The Balaban J connectivity index is 4.33. The summed E-state index contributed by atoms with van der Waals surface area (Å²) < 4.78 is 16.9. The molecule has 0 saturated heterocycles. The molecule has 0 saturated carbocycles. The summed E-state index contributed by atoms with van der Waals surface area (Å²) in [6.45, 7) is 6.47. The van der Waals surface area contributed by atoms with Gasteiger partial charge in [0.05, 0.1) is 0 Å². The zero-order valence-electron chi connectivity index (χ0n) is 50.4. The van der Waals surface area contributed by atoms with E-state index in [1.165, 1.54) is 135 Å². The summed E-state index contributed by atoms with van der Waals surface area (Å²) in [5.74, 6) is -0.922. The van der Waals surface area contributed by atoms with Crippen LogP contribution in [0.1, 0.15) is 303 Å². The van der Waals surface area contributed by atoms with Crippen LogP contribution in [0.3, 0.4) is 0 Å². The van der Waals surface area contributed by atoms with E-state index in [-0.39, 0.29) is 31.1 Å². The molecule has 0 N–H and O–H groups in total. The van der Waals surface area contributed by atoms with Crippen molar-refractivity contribution in [2.45, 2.75) is 309 Å². The van der Waals surface area contributed by atoms with Gasteiger partial charge in [-0.2, -0.15) is 0 Å². The second-order valence-corrected chi connectivity index (χ2v) is 21.3. The molecule has 0 rings (SSSR count). The van der Waals surface area contributed by atoms with Crippen molar-refractivity contribution in [2.24, 2.45) is 0 Å². The fourth-order valence-corrected chi connectivity index (χ4v) is 8.87. The van der Waals surface area contributed by atoms with Crippen LogP contribution < -0.4 is 0 Å². The van der Waals surface area contributed by atoms with Crippen LogP contribution in [-0.4, -0.2) is 37.2 Å². The normalized spacial score (nSPS) is 12.8. The van der Waals surface area contributed by atoms with Gasteiger partial charge >= 0.3 is 17.9 Å². The van der Waals surface area contributed by atoms with Crippen LogP contribution >= 0.6 is 0 Å². The molecular weight excluding hydrogens is 949 g/mol. The van der Waals surface area contributed by atoms with E-state index >= 15 is 0 Å². The Kier molecular flexibility index (Phi) is 61.3. The molecular formula is C71H120O6. The minimum atomic E-state index is -0.798. The fraction of sp³-hybridized carbons (Fsp3) is 0.704. The SMILES string of the molecule is CC/C=C\C/C=C\C/C=C\C/C=C\C/C=C\C/C=C\CCCCCCC(=O)OC(COC(=O)CCCCCCC/C=C\CCCC)COC(=O)CCCCCCCCCCCCCCC/C=C\C/C=C\CCCCCCC. The predicted molar refractivity (Wildman–Crippen MR) is 334 cm³/mol. The molecule has 0 aliphatic rings. The Hall–Kier alpha value is -3.93. The van der Waals surface area contributed by atoms with Gasteiger partial charge in [0.1, 0.15) is 13.2 Å². The van der Waals surface area contributed by atoms with Crippen LogP contribution in [0.25, 0.3) is 0 Å². The lowest BCUT2D eigenvalue weighted by atomic mass is 10.0. The van der Waals surface area contributed by atoms with Crippen molar-refractivity contribution in [3.8, 4) is 0 Å². The van der Waals surface area contributed by atoms with Gasteiger partial charge in [-0.05, 0) is 122 Å². The van der Waals surface area contributed by atoms with Gasteiger partial charge in [-0.15, -0.1) is 0 Å². The largest absolute Gasteiger partial charge is 0.462 e. The molecule has 0 fully saturated rings. The van der Waals surface area contributed by atoms with Gasteiger partial charge < -0.3 is 14.2 Å². The highest BCUT2D eigenvalue weighted by Crippen LogP contribution is 2.16. The first-order valence-electron chi connectivity index (χ1n) is 32.4. The lowest BCUT2D eigenvalue weighted by Crippen LogP contribution is -2.30. The van der Waals surface area contributed by atoms with Crippen LogP contribution in [0.4, 0.5) is 0 Å². The number of ether oxygens (including phenoxy) is 3. The summed E-state index contributed by atoms with van der Waals surface area (Å²) in [6.07, 6.45) is 88.1. The topological polar surface area (TPSA) is 78.9 Å². The molecule has 0 aromatic rings. The monoisotopic (exact) mass is 1070 g/mol. The number of esters is 3. The Bertz CT molecular complexity index is 1560. The third kappa shape index (κ3) is 62.8. The van der Waals surface area contributed by atoms with E-state index in [9.17, 15) is 14.4 Å². The highest BCUT2D eigenvalue weighted by Gasteiger charge is 2.19. The van der Waals surface area contributed by atoms with Crippen molar-refractivity contribution in [2.75, 3.05) is 13.2 Å². The molecule has 1 unspecified atom stereocenters. The van der Waals surface area contributed by atoms with E-state index in [1.54, 1.807) is 0 Å². The minimum Gasteiger partial charge on any atom is -0.462 e. The van der Waals surface area contributed by atoms with E-state index < -0.39 is 6.10 Å². The second kappa shape index (κ2) is 64.6. The third-order valence-corrected chi connectivity index (χ3v) is 13.7. The van der Waals surface area contributed by atoms with Crippen LogP contribution in [0.2, 0.25) is 0 Å². The molecule has 0 aromatic carbocycles. The molecule has 0 amide bonds. The predicted octanol–water partition coefficient (Wildman–Crippen LogP) is 22.2. The number of carbonyl (C=O) groups excluding carboxylic acids is 3. The first kappa shape index (κ1) is 73.1. The first-order valence-corrected chi connectivity index (χ1v) is 32.4. The number of carbonyl (C=O) groups is 3. The van der Waals surface area contributed by atoms with Crippen molar-refractivity contribution >= 4 is 17.9 Å². The smallest absolute Gasteiger partial charge is 0.306 e. The molecule has 0 radical (unpaired) electrons. The molecule has 440 valence electrons. The van der Waals surface area contributed by atoms with E-state index in [2.05, 4.69) is 130 Å². The van der Waals surface area contributed by atoms with Crippen LogP contribution in [0.5, 0.6) is 0 Å². The molecule has 6 nitrogen and oxygen atoms in total. The van der Waals surface area contributed by atoms with Crippen LogP contribution in [0.15, 0.2) is 109 Å². The van der Waals surface area contributed by atoms with Gasteiger partial charge in [0.25, 0.3) is 0 Å². The second-order valence-electron chi connectivity index (χ2n) is 21.3. The van der Waals surface area contributed by atoms with E-state index in [0.29, 0.717) is 19.3 Å². The lowest BCUT2D eigenvalue weighted by Gasteiger charge is -2.18. The van der Waals surface area contributed by atoms with Gasteiger partial charge in [0.2, 0.25) is 0 Å². The quantitative estimate of drug-likeness (QED) is 0.0261. The maximum atomic E-state index is 12.9. The van der Waals surface area contributed by atoms with Gasteiger partial charge in [-0.3, -0.25) is 14.4 Å². The van der Waals surface area contributed by atoms with Gasteiger partial charge in [-0.1, -0.05) is 271 Å². The first-order chi connectivity index (χ1) is 38.0. The molecule has 0 heterocycles. The lowest BCUT2D eigenvalue weighted by molar-refractivity contribution is -0.167.